The molecule has 0 spiro atoms. The van der Waals surface area contributed by atoms with E-state index in [4.69, 9.17) is 9.47 Å². The smallest absolute Gasteiger partial charge is 0.265 e. The van der Waals surface area contributed by atoms with Gasteiger partial charge in [0.1, 0.15) is 12.4 Å². The van der Waals surface area contributed by atoms with E-state index in [2.05, 4.69) is 20.6 Å². The first-order valence-electron chi connectivity index (χ1n) is 10.4. The van der Waals surface area contributed by atoms with Gasteiger partial charge in [0.15, 0.2) is 11.5 Å². The number of anilines is 1. The Bertz CT molecular complexity index is 1340. The molecule has 1 aliphatic rings. The van der Waals surface area contributed by atoms with Crippen molar-refractivity contribution in [1.29, 1.82) is 0 Å². The SMILES string of the molecule is Cn1c(CNC(=O)C2COc3ccccc3O2)nc2cc(NC(=O)c3cccnc3)ccc21. The van der Waals surface area contributed by atoms with Crippen LogP contribution in [0.3, 0.4) is 0 Å². The van der Waals surface area contributed by atoms with Crippen molar-refractivity contribution in [3.05, 3.63) is 78.4 Å². The minimum atomic E-state index is -0.733. The van der Waals surface area contributed by atoms with E-state index in [1.807, 2.05) is 35.9 Å². The number of hydrogen-bond acceptors (Lipinski definition) is 6. The van der Waals surface area contributed by atoms with Gasteiger partial charge in [0.05, 0.1) is 23.1 Å². The lowest BCUT2D eigenvalue weighted by Gasteiger charge is -2.25. The Kier molecular flexibility index (Phi) is 5.35. The Morgan fingerprint density at radius 1 is 1.12 bits per heavy atom. The average Bonchev–Trinajstić information content (AvgIpc) is 3.17. The number of imidazole rings is 1. The minimum absolute atomic E-state index is 0.144. The van der Waals surface area contributed by atoms with Gasteiger partial charge >= 0.3 is 0 Å². The standard InChI is InChI=1S/C24H21N5O4/c1-29-18-9-8-16(27-23(30)15-5-4-10-25-12-15)11-17(18)28-22(29)13-26-24(31)21-14-32-19-6-2-3-7-20(19)33-21/h2-12,21H,13-14H2,1H3,(H,26,31)(H,27,30). The third-order valence-corrected chi connectivity index (χ3v) is 5.38. The summed E-state index contributed by atoms with van der Waals surface area (Å²) in [7, 11) is 1.88. The lowest BCUT2D eigenvalue weighted by Crippen LogP contribution is -2.43. The van der Waals surface area contributed by atoms with Gasteiger partial charge < -0.3 is 24.7 Å². The Labute approximate surface area is 189 Å². The molecule has 2 amide bonds. The lowest BCUT2D eigenvalue weighted by molar-refractivity contribution is -0.130. The van der Waals surface area contributed by atoms with Gasteiger partial charge in [-0.05, 0) is 42.5 Å². The van der Waals surface area contributed by atoms with Crippen LogP contribution in [-0.4, -0.2) is 39.1 Å². The molecule has 0 saturated heterocycles. The largest absolute Gasteiger partial charge is 0.485 e. The molecule has 1 aliphatic heterocycles. The molecule has 2 aromatic carbocycles. The Morgan fingerprint density at radius 2 is 1.97 bits per heavy atom. The first kappa shape index (κ1) is 20.5. The van der Waals surface area contributed by atoms with Crippen molar-refractivity contribution in [1.82, 2.24) is 19.9 Å². The van der Waals surface area contributed by atoms with Gasteiger partial charge in [-0.25, -0.2) is 4.98 Å². The number of carbonyl (C=O) groups is 2. The number of aryl methyl sites for hydroxylation is 1. The highest BCUT2D eigenvalue weighted by atomic mass is 16.6. The van der Waals surface area contributed by atoms with E-state index in [0.717, 1.165) is 5.52 Å². The average molecular weight is 443 g/mol. The number of carbonyl (C=O) groups excluding carboxylic acids is 2. The zero-order valence-electron chi connectivity index (χ0n) is 17.8. The number of nitrogens with zero attached hydrogens (tertiary/aromatic N) is 3. The van der Waals surface area contributed by atoms with E-state index >= 15 is 0 Å². The monoisotopic (exact) mass is 443 g/mol. The molecule has 0 aliphatic carbocycles. The first-order valence-corrected chi connectivity index (χ1v) is 10.4. The molecular weight excluding hydrogens is 422 g/mol. The molecule has 0 saturated carbocycles. The zero-order chi connectivity index (χ0) is 22.8. The number of fused-ring (bicyclic) bond motifs is 2. The topological polar surface area (TPSA) is 107 Å². The molecule has 9 heteroatoms. The molecule has 9 nitrogen and oxygen atoms in total. The summed E-state index contributed by atoms with van der Waals surface area (Å²) >= 11 is 0. The van der Waals surface area contributed by atoms with Crippen molar-refractivity contribution in [2.24, 2.45) is 7.05 Å². The molecule has 0 radical (unpaired) electrons. The predicted octanol–water partition coefficient (Wildman–Crippen LogP) is 2.68. The summed E-state index contributed by atoms with van der Waals surface area (Å²) in [6, 6.07) is 16.1. The van der Waals surface area contributed by atoms with Crippen LogP contribution in [0, 0.1) is 0 Å². The Morgan fingerprint density at radius 3 is 2.79 bits per heavy atom. The summed E-state index contributed by atoms with van der Waals surface area (Å²) in [5, 5.41) is 5.72. The second-order valence-electron chi connectivity index (χ2n) is 7.57. The van der Waals surface area contributed by atoms with Crippen molar-refractivity contribution in [3.8, 4) is 11.5 Å². The molecular formula is C24H21N5O4. The quantitative estimate of drug-likeness (QED) is 0.491. The van der Waals surface area contributed by atoms with Crippen molar-refractivity contribution in [3.63, 3.8) is 0 Å². The summed E-state index contributed by atoms with van der Waals surface area (Å²) in [5.74, 6) is 1.32. The third kappa shape index (κ3) is 4.20. The Hall–Kier alpha value is -4.40. The van der Waals surface area contributed by atoms with Gasteiger partial charge in [-0.2, -0.15) is 0 Å². The molecule has 2 N–H and O–H groups in total. The number of rotatable bonds is 5. The van der Waals surface area contributed by atoms with Crippen LogP contribution >= 0.6 is 0 Å². The van der Waals surface area contributed by atoms with Crippen LogP contribution in [-0.2, 0) is 18.4 Å². The Balaban J connectivity index is 1.26. The maximum atomic E-state index is 12.6. The molecule has 166 valence electrons. The van der Waals surface area contributed by atoms with Crippen LogP contribution in [0.15, 0.2) is 67.0 Å². The van der Waals surface area contributed by atoms with Gasteiger partial charge in [0.2, 0.25) is 6.10 Å². The second-order valence-corrected chi connectivity index (χ2v) is 7.57. The van der Waals surface area contributed by atoms with Gasteiger partial charge in [0, 0.05) is 25.1 Å². The van der Waals surface area contributed by atoms with Gasteiger partial charge in [0.25, 0.3) is 11.8 Å². The fraction of sp³-hybridized carbons (Fsp3) is 0.167. The van der Waals surface area contributed by atoms with Crippen molar-refractivity contribution < 1.29 is 19.1 Å². The highest BCUT2D eigenvalue weighted by molar-refractivity contribution is 6.04. The molecule has 1 unspecified atom stereocenters. The van der Waals surface area contributed by atoms with Crippen molar-refractivity contribution in [2.45, 2.75) is 12.6 Å². The fourth-order valence-corrected chi connectivity index (χ4v) is 3.61. The van der Waals surface area contributed by atoms with Gasteiger partial charge in [-0.1, -0.05) is 12.1 Å². The molecule has 4 aromatic rings. The number of hydrogen-bond donors (Lipinski definition) is 2. The van der Waals surface area contributed by atoms with Gasteiger partial charge in [-0.15, -0.1) is 0 Å². The van der Waals surface area contributed by atoms with Crippen molar-refractivity contribution >= 4 is 28.5 Å². The lowest BCUT2D eigenvalue weighted by atomic mass is 10.2. The maximum absolute atomic E-state index is 12.6. The van der Waals surface area contributed by atoms with E-state index in [1.54, 1.807) is 36.5 Å². The summed E-state index contributed by atoms with van der Waals surface area (Å²) in [4.78, 5) is 33.6. The molecule has 0 fully saturated rings. The number of ether oxygens (including phenoxy) is 2. The number of benzene rings is 2. The number of pyridine rings is 1. The fourth-order valence-electron chi connectivity index (χ4n) is 3.61. The summed E-state index contributed by atoms with van der Waals surface area (Å²) < 4.78 is 13.3. The minimum Gasteiger partial charge on any atom is -0.485 e. The number of amides is 2. The summed E-state index contributed by atoms with van der Waals surface area (Å²) in [6.07, 6.45) is 2.39. The van der Waals surface area contributed by atoms with Crippen LogP contribution < -0.4 is 20.1 Å². The highest BCUT2D eigenvalue weighted by Crippen LogP contribution is 2.30. The van der Waals surface area contributed by atoms with Crippen LogP contribution in [0.25, 0.3) is 11.0 Å². The maximum Gasteiger partial charge on any atom is 0.265 e. The zero-order valence-corrected chi connectivity index (χ0v) is 17.8. The number of nitrogens with one attached hydrogen (secondary N) is 2. The van der Waals surface area contributed by atoms with E-state index in [1.165, 1.54) is 6.20 Å². The van der Waals surface area contributed by atoms with Gasteiger partial charge in [-0.3, -0.25) is 14.6 Å². The van der Waals surface area contributed by atoms with E-state index in [-0.39, 0.29) is 25.0 Å². The van der Waals surface area contributed by atoms with Crippen molar-refractivity contribution in [2.75, 3.05) is 11.9 Å². The van der Waals surface area contributed by atoms with Crippen LogP contribution in [0.1, 0.15) is 16.2 Å². The van der Waals surface area contributed by atoms with E-state index < -0.39 is 6.10 Å². The van der Waals surface area contributed by atoms with E-state index in [9.17, 15) is 9.59 Å². The predicted molar refractivity (Wildman–Crippen MR) is 121 cm³/mol. The highest BCUT2D eigenvalue weighted by Gasteiger charge is 2.27. The molecule has 0 bridgehead atoms. The number of para-hydroxylation sites is 2. The normalized spacial score (nSPS) is 14.6. The summed E-state index contributed by atoms with van der Waals surface area (Å²) in [6.45, 7) is 0.369. The second kappa shape index (κ2) is 8.62. The summed E-state index contributed by atoms with van der Waals surface area (Å²) in [5.41, 5.74) is 2.68. The van der Waals surface area contributed by atoms with Crippen LogP contribution in [0.5, 0.6) is 11.5 Å². The third-order valence-electron chi connectivity index (χ3n) is 5.38. The molecule has 3 heterocycles. The van der Waals surface area contributed by atoms with E-state index in [0.29, 0.717) is 34.1 Å². The molecule has 1 atom stereocenters. The molecule has 5 rings (SSSR count). The van der Waals surface area contributed by atoms with Crippen LogP contribution in [0.4, 0.5) is 5.69 Å². The van der Waals surface area contributed by atoms with Crippen LogP contribution in [0.2, 0.25) is 0 Å². The molecule has 33 heavy (non-hydrogen) atoms. The molecule has 2 aromatic heterocycles. The number of aromatic nitrogens is 3. The first-order chi connectivity index (χ1) is 16.1.